The second kappa shape index (κ2) is 11.8. The number of fused-ring (bicyclic) bond motifs is 11. The zero-order valence-corrected chi connectivity index (χ0v) is 30.8. The number of aromatic nitrogens is 3. The molecule has 0 radical (unpaired) electrons. The molecule has 3 heteroatoms. The molecule has 0 aliphatic carbocycles. The quantitative estimate of drug-likeness (QED) is 0.172. The molecular weight excluding hydrogens is 679 g/mol. The molecule has 0 aliphatic rings. The number of nitrogens with zero attached hydrogens (tertiary/aromatic N) is 3. The van der Waals surface area contributed by atoms with E-state index in [0.29, 0.717) is 0 Å². The summed E-state index contributed by atoms with van der Waals surface area (Å²) in [5.74, 6) is 0. The van der Waals surface area contributed by atoms with Gasteiger partial charge in [0, 0.05) is 67.2 Å². The molecule has 0 spiro atoms. The van der Waals surface area contributed by atoms with Crippen molar-refractivity contribution in [2.45, 2.75) is 0 Å². The average molecular weight is 714 g/mol. The number of para-hydroxylation sites is 3. The number of benzene rings is 9. The van der Waals surface area contributed by atoms with Gasteiger partial charge < -0.3 is 13.7 Å². The van der Waals surface area contributed by atoms with Crippen LogP contribution in [0, 0.1) is 0 Å². The topological polar surface area (TPSA) is 14.8 Å². The van der Waals surface area contributed by atoms with E-state index in [9.17, 15) is 0 Å². The van der Waals surface area contributed by atoms with Crippen molar-refractivity contribution in [2.24, 2.45) is 7.05 Å². The summed E-state index contributed by atoms with van der Waals surface area (Å²) in [7, 11) is 2.18. The van der Waals surface area contributed by atoms with Crippen molar-refractivity contribution in [3.8, 4) is 33.6 Å². The summed E-state index contributed by atoms with van der Waals surface area (Å²) in [6.07, 6.45) is 0. The lowest BCUT2D eigenvalue weighted by atomic mass is 9.98. The molecule has 0 fully saturated rings. The van der Waals surface area contributed by atoms with Crippen LogP contribution in [0.3, 0.4) is 0 Å². The second-order valence-electron chi connectivity index (χ2n) is 15.0. The molecule has 0 saturated heterocycles. The van der Waals surface area contributed by atoms with Crippen LogP contribution >= 0.6 is 0 Å². The molecule has 0 saturated carbocycles. The smallest absolute Gasteiger partial charge is 0.0619 e. The van der Waals surface area contributed by atoms with Crippen LogP contribution in [-0.2, 0) is 7.05 Å². The van der Waals surface area contributed by atoms with E-state index >= 15 is 0 Å². The van der Waals surface area contributed by atoms with E-state index in [4.69, 9.17) is 0 Å². The van der Waals surface area contributed by atoms with Crippen molar-refractivity contribution in [3.63, 3.8) is 0 Å². The first-order valence-electron chi connectivity index (χ1n) is 19.3. The fourth-order valence-electron chi connectivity index (χ4n) is 9.39. The van der Waals surface area contributed by atoms with E-state index in [1.165, 1.54) is 110 Å². The highest BCUT2D eigenvalue weighted by Crippen LogP contribution is 2.41. The fraction of sp³-hybridized carbons (Fsp3) is 0.0189. The summed E-state index contributed by atoms with van der Waals surface area (Å²) < 4.78 is 7.14. The predicted octanol–water partition coefficient (Wildman–Crippen LogP) is 14.0. The zero-order valence-electron chi connectivity index (χ0n) is 30.8. The predicted molar refractivity (Wildman–Crippen MR) is 237 cm³/mol. The van der Waals surface area contributed by atoms with E-state index < -0.39 is 0 Å². The molecule has 0 aliphatic heterocycles. The number of hydrogen-bond acceptors (Lipinski definition) is 0. The lowest BCUT2D eigenvalue weighted by Crippen LogP contribution is -1.93. The largest absolute Gasteiger partial charge is 0.344 e. The van der Waals surface area contributed by atoms with E-state index in [1.807, 2.05) is 0 Å². The van der Waals surface area contributed by atoms with Crippen LogP contribution in [0.15, 0.2) is 194 Å². The Morgan fingerprint density at radius 1 is 0.286 bits per heavy atom. The van der Waals surface area contributed by atoms with Gasteiger partial charge in [-0.1, -0.05) is 115 Å². The summed E-state index contributed by atoms with van der Waals surface area (Å²) in [4.78, 5) is 0. The van der Waals surface area contributed by atoms with Gasteiger partial charge in [0.1, 0.15) is 0 Å². The van der Waals surface area contributed by atoms with Gasteiger partial charge in [0.25, 0.3) is 0 Å². The van der Waals surface area contributed by atoms with Crippen LogP contribution in [0.4, 0.5) is 0 Å². The molecule has 0 N–H and O–H groups in total. The summed E-state index contributed by atoms with van der Waals surface area (Å²) in [5.41, 5.74) is 14.6. The molecule has 3 nitrogen and oxygen atoms in total. The van der Waals surface area contributed by atoms with Crippen LogP contribution in [0.5, 0.6) is 0 Å². The van der Waals surface area contributed by atoms with Crippen molar-refractivity contribution in [1.29, 1.82) is 0 Å². The highest BCUT2D eigenvalue weighted by molar-refractivity contribution is 6.19. The first-order valence-corrected chi connectivity index (χ1v) is 19.3. The summed E-state index contributed by atoms with van der Waals surface area (Å²) in [6.45, 7) is 0. The highest BCUT2D eigenvalue weighted by atomic mass is 15.0. The Bertz CT molecular complexity index is 3530. The average Bonchev–Trinajstić information content (AvgIpc) is 3.88. The fourth-order valence-corrected chi connectivity index (χ4v) is 9.39. The Morgan fingerprint density at radius 2 is 0.714 bits per heavy atom. The molecule has 262 valence electrons. The highest BCUT2D eigenvalue weighted by Gasteiger charge is 2.18. The van der Waals surface area contributed by atoms with Gasteiger partial charge in [-0.15, -0.1) is 0 Å². The molecule has 0 amide bonds. The van der Waals surface area contributed by atoms with Gasteiger partial charge in [-0.25, -0.2) is 0 Å². The Morgan fingerprint density at radius 3 is 1.32 bits per heavy atom. The molecule has 0 atom stereocenters. The van der Waals surface area contributed by atoms with Crippen LogP contribution in [0.1, 0.15) is 0 Å². The van der Waals surface area contributed by atoms with E-state index in [-0.39, 0.29) is 0 Å². The van der Waals surface area contributed by atoms with E-state index in [0.717, 1.165) is 0 Å². The molecule has 56 heavy (non-hydrogen) atoms. The molecule has 12 aromatic rings. The van der Waals surface area contributed by atoms with Crippen LogP contribution < -0.4 is 0 Å². The maximum absolute atomic E-state index is 2.43. The van der Waals surface area contributed by atoms with Gasteiger partial charge in [-0.2, -0.15) is 0 Å². The van der Waals surface area contributed by atoms with Crippen LogP contribution in [0.25, 0.3) is 110 Å². The minimum absolute atomic E-state index is 1.17. The second-order valence-corrected chi connectivity index (χ2v) is 15.0. The SMILES string of the molecule is Cn1c2ccc(-c3ccc4c(c3)c3ccccc3n4-c3ccccc3)cc2c2cc(-c3ccc4c(c3)c3ccc5ccccc5c3n4-c3ccccc3)ccc21. The van der Waals surface area contributed by atoms with Gasteiger partial charge in [0.05, 0.1) is 22.1 Å². The van der Waals surface area contributed by atoms with Crippen molar-refractivity contribution < 1.29 is 0 Å². The summed E-state index contributed by atoms with van der Waals surface area (Å²) in [5, 5.41) is 10.1. The first kappa shape index (κ1) is 31.0. The summed E-state index contributed by atoms with van der Waals surface area (Å²) in [6, 6.07) is 71.3. The third-order valence-corrected chi connectivity index (χ3v) is 12.0. The minimum atomic E-state index is 1.17. The Labute approximate surface area is 323 Å². The zero-order chi connectivity index (χ0) is 36.9. The van der Waals surface area contributed by atoms with Gasteiger partial charge in [-0.3, -0.25) is 0 Å². The van der Waals surface area contributed by atoms with Crippen LogP contribution in [0.2, 0.25) is 0 Å². The Balaban J connectivity index is 1.02. The maximum Gasteiger partial charge on any atom is 0.0619 e. The number of aryl methyl sites for hydroxylation is 1. The van der Waals surface area contributed by atoms with E-state index in [2.05, 4.69) is 215 Å². The molecule has 12 rings (SSSR count). The molecule has 9 aromatic carbocycles. The van der Waals surface area contributed by atoms with Crippen LogP contribution in [-0.4, -0.2) is 13.7 Å². The molecular formula is C53H35N3. The van der Waals surface area contributed by atoms with Crippen molar-refractivity contribution in [3.05, 3.63) is 194 Å². The Kier molecular flexibility index (Phi) is 6.55. The lowest BCUT2D eigenvalue weighted by molar-refractivity contribution is 1.01. The standard InChI is InChI=1S/C53H35N3/c1-54-48-26-21-35(37-23-28-51-44(30-37)42-18-10-11-19-50(42)55(51)39-13-4-2-5-14-39)32-46(48)47-33-36(22-27-49(47)54)38-24-29-52-45(31-38)43-25-20-34-12-8-9-17-41(34)53(43)56(52)40-15-6-3-7-16-40/h2-33H,1H3. The Hall–Kier alpha value is -7.36. The molecule has 0 unspecified atom stereocenters. The van der Waals surface area contributed by atoms with Gasteiger partial charge in [0.2, 0.25) is 0 Å². The van der Waals surface area contributed by atoms with Crippen molar-refractivity contribution >= 4 is 76.2 Å². The number of rotatable bonds is 4. The van der Waals surface area contributed by atoms with Gasteiger partial charge in [0.15, 0.2) is 0 Å². The molecule has 3 aromatic heterocycles. The van der Waals surface area contributed by atoms with Gasteiger partial charge in [-0.05, 0) is 107 Å². The van der Waals surface area contributed by atoms with E-state index in [1.54, 1.807) is 0 Å². The normalized spacial score (nSPS) is 12.0. The molecule has 0 bridgehead atoms. The van der Waals surface area contributed by atoms with Gasteiger partial charge >= 0.3 is 0 Å². The van der Waals surface area contributed by atoms with Crippen molar-refractivity contribution in [1.82, 2.24) is 13.7 Å². The van der Waals surface area contributed by atoms with Crippen molar-refractivity contribution in [2.75, 3.05) is 0 Å². The third kappa shape index (κ3) is 4.46. The minimum Gasteiger partial charge on any atom is -0.344 e. The summed E-state index contributed by atoms with van der Waals surface area (Å²) >= 11 is 0. The molecule has 3 heterocycles. The third-order valence-electron chi connectivity index (χ3n) is 12.0. The first-order chi connectivity index (χ1) is 27.7. The lowest BCUT2D eigenvalue weighted by Gasteiger charge is -2.10. The number of hydrogen-bond donors (Lipinski definition) is 0. The maximum atomic E-state index is 2.43. The monoisotopic (exact) mass is 713 g/mol.